The summed E-state index contributed by atoms with van der Waals surface area (Å²) >= 11 is 0. The van der Waals surface area contributed by atoms with Gasteiger partial charge in [0.15, 0.2) is 5.76 Å². The lowest BCUT2D eigenvalue weighted by Crippen LogP contribution is -2.01. The van der Waals surface area contributed by atoms with E-state index >= 15 is 0 Å². The molecule has 7 nitrogen and oxygen atoms in total. The Morgan fingerprint density at radius 1 is 1.07 bits per heavy atom. The smallest absolute Gasteiger partial charge is 0.227 e. The maximum Gasteiger partial charge on any atom is 0.227 e. The van der Waals surface area contributed by atoms with Crippen molar-refractivity contribution in [2.75, 3.05) is 7.11 Å². The zero-order valence-corrected chi connectivity index (χ0v) is 15.3. The molecule has 28 heavy (non-hydrogen) atoms. The SMILES string of the molecule is COc1ccc(-c2nc(-c3ccncc3)[nH]c2-c2oc(C)cc(=O)c2O)cc1. The van der Waals surface area contributed by atoms with Gasteiger partial charge in [0.1, 0.15) is 28.7 Å². The highest BCUT2D eigenvalue weighted by Gasteiger charge is 2.22. The van der Waals surface area contributed by atoms with Crippen molar-refractivity contribution in [2.24, 2.45) is 0 Å². The Kier molecular flexibility index (Phi) is 4.41. The van der Waals surface area contributed by atoms with Crippen LogP contribution in [0, 0.1) is 6.92 Å². The summed E-state index contributed by atoms with van der Waals surface area (Å²) in [5, 5.41) is 10.3. The molecule has 2 N–H and O–H groups in total. The summed E-state index contributed by atoms with van der Waals surface area (Å²) in [4.78, 5) is 24.0. The second kappa shape index (κ2) is 7.03. The summed E-state index contributed by atoms with van der Waals surface area (Å²) in [6.45, 7) is 1.65. The first-order valence-corrected chi connectivity index (χ1v) is 8.55. The van der Waals surface area contributed by atoms with E-state index in [0.29, 0.717) is 28.7 Å². The Bertz CT molecular complexity index is 1180. The number of aromatic amines is 1. The number of nitrogens with one attached hydrogen (secondary N) is 1. The van der Waals surface area contributed by atoms with Crippen molar-refractivity contribution in [2.45, 2.75) is 6.92 Å². The Balaban J connectivity index is 1.96. The molecule has 3 heterocycles. The normalized spacial score (nSPS) is 10.8. The van der Waals surface area contributed by atoms with Crippen LogP contribution in [0.15, 0.2) is 64.1 Å². The Morgan fingerprint density at radius 3 is 2.46 bits per heavy atom. The highest BCUT2D eigenvalue weighted by molar-refractivity contribution is 5.81. The quantitative estimate of drug-likeness (QED) is 0.563. The van der Waals surface area contributed by atoms with E-state index in [1.807, 2.05) is 36.4 Å². The molecule has 0 radical (unpaired) electrons. The third-order valence-corrected chi connectivity index (χ3v) is 4.29. The van der Waals surface area contributed by atoms with Crippen LogP contribution >= 0.6 is 0 Å². The molecular weight excluding hydrogens is 358 g/mol. The number of methoxy groups -OCH3 is 1. The Hall–Kier alpha value is -3.87. The first-order valence-electron chi connectivity index (χ1n) is 8.55. The van der Waals surface area contributed by atoms with Gasteiger partial charge in [0, 0.05) is 29.6 Å². The fraction of sp³-hybridized carbons (Fsp3) is 0.0952. The number of H-pyrrole nitrogens is 1. The second-order valence-corrected chi connectivity index (χ2v) is 6.17. The lowest BCUT2D eigenvalue weighted by Gasteiger charge is -2.06. The van der Waals surface area contributed by atoms with Crippen LogP contribution in [0.4, 0.5) is 0 Å². The van der Waals surface area contributed by atoms with E-state index in [1.165, 1.54) is 6.07 Å². The maximum absolute atomic E-state index is 12.1. The van der Waals surface area contributed by atoms with Gasteiger partial charge in [0.25, 0.3) is 0 Å². The molecule has 0 unspecified atom stereocenters. The van der Waals surface area contributed by atoms with E-state index < -0.39 is 11.2 Å². The van der Waals surface area contributed by atoms with Gasteiger partial charge in [-0.25, -0.2) is 4.98 Å². The lowest BCUT2D eigenvalue weighted by molar-refractivity contribution is 0.415. The van der Waals surface area contributed by atoms with E-state index in [2.05, 4.69) is 15.0 Å². The number of aromatic nitrogens is 3. The van der Waals surface area contributed by atoms with E-state index in [9.17, 15) is 9.90 Å². The molecule has 0 saturated heterocycles. The van der Waals surface area contributed by atoms with Gasteiger partial charge in [-0.3, -0.25) is 9.78 Å². The standard InChI is InChI=1S/C21H17N3O4/c1-12-11-16(25)19(26)20(28-12)18-17(13-3-5-15(27-2)6-4-13)23-21(24-18)14-7-9-22-10-8-14/h3-11,26H,1-2H3,(H,23,24). The largest absolute Gasteiger partial charge is 0.501 e. The monoisotopic (exact) mass is 375 g/mol. The second-order valence-electron chi connectivity index (χ2n) is 6.17. The van der Waals surface area contributed by atoms with E-state index in [0.717, 1.165) is 11.1 Å². The molecule has 140 valence electrons. The van der Waals surface area contributed by atoms with Gasteiger partial charge in [-0.15, -0.1) is 0 Å². The summed E-state index contributed by atoms with van der Waals surface area (Å²) in [5.41, 5.74) is 2.02. The highest BCUT2D eigenvalue weighted by atomic mass is 16.5. The van der Waals surface area contributed by atoms with Gasteiger partial charge in [-0.2, -0.15) is 0 Å². The average molecular weight is 375 g/mol. The number of hydrogen-bond donors (Lipinski definition) is 2. The van der Waals surface area contributed by atoms with Gasteiger partial charge < -0.3 is 19.2 Å². The molecule has 0 aliphatic rings. The van der Waals surface area contributed by atoms with Crippen LogP contribution in [0.5, 0.6) is 11.5 Å². The number of aryl methyl sites for hydroxylation is 1. The number of hydrogen-bond acceptors (Lipinski definition) is 6. The summed E-state index contributed by atoms with van der Waals surface area (Å²) in [6, 6.07) is 12.2. The predicted molar refractivity (Wildman–Crippen MR) is 104 cm³/mol. The molecule has 4 rings (SSSR count). The fourth-order valence-corrected chi connectivity index (χ4v) is 2.91. The molecule has 0 aliphatic heterocycles. The van der Waals surface area contributed by atoms with Gasteiger partial charge in [-0.1, -0.05) is 0 Å². The lowest BCUT2D eigenvalue weighted by atomic mass is 10.1. The first-order chi connectivity index (χ1) is 13.6. The predicted octanol–water partition coefficient (Wildman–Crippen LogP) is 3.78. The molecule has 0 aliphatic carbocycles. The molecular formula is C21H17N3O4. The molecule has 7 heteroatoms. The van der Waals surface area contributed by atoms with Crippen molar-refractivity contribution >= 4 is 0 Å². The van der Waals surface area contributed by atoms with Crippen molar-refractivity contribution in [3.05, 3.63) is 70.8 Å². The number of aromatic hydroxyl groups is 1. The van der Waals surface area contributed by atoms with Crippen molar-refractivity contribution in [3.8, 4) is 45.6 Å². The van der Waals surface area contributed by atoms with Crippen LogP contribution in [-0.4, -0.2) is 27.2 Å². The zero-order valence-electron chi connectivity index (χ0n) is 15.3. The van der Waals surface area contributed by atoms with Crippen LogP contribution in [0.2, 0.25) is 0 Å². The first kappa shape index (κ1) is 17.5. The Morgan fingerprint density at radius 2 is 1.79 bits per heavy atom. The van der Waals surface area contributed by atoms with E-state index in [-0.39, 0.29) is 5.76 Å². The number of ether oxygens (including phenoxy) is 1. The van der Waals surface area contributed by atoms with E-state index in [4.69, 9.17) is 9.15 Å². The van der Waals surface area contributed by atoms with Crippen molar-refractivity contribution < 1.29 is 14.3 Å². The number of imidazole rings is 1. The van der Waals surface area contributed by atoms with Crippen LogP contribution in [0.1, 0.15) is 5.76 Å². The van der Waals surface area contributed by atoms with Crippen molar-refractivity contribution in [3.63, 3.8) is 0 Å². The van der Waals surface area contributed by atoms with Gasteiger partial charge in [0.05, 0.1) is 7.11 Å². The molecule has 0 bridgehead atoms. The minimum absolute atomic E-state index is 0.0450. The fourth-order valence-electron chi connectivity index (χ4n) is 2.91. The molecule has 1 aromatic carbocycles. The van der Waals surface area contributed by atoms with Crippen molar-refractivity contribution in [1.29, 1.82) is 0 Å². The van der Waals surface area contributed by atoms with Crippen LogP contribution in [0.3, 0.4) is 0 Å². The minimum atomic E-state index is -0.514. The van der Waals surface area contributed by atoms with Crippen LogP contribution < -0.4 is 10.2 Å². The zero-order chi connectivity index (χ0) is 19.7. The summed E-state index contributed by atoms with van der Waals surface area (Å²) in [5.74, 6) is 1.24. The summed E-state index contributed by atoms with van der Waals surface area (Å²) in [7, 11) is 1.59. The third-order valence-electron chi connectivity index (χ3n) is 4.29. The molecule has 0 amide bonds. The molecule has 0 saturated carbocycles. The summed E-state index contributed by atoms with van der Waals surface area (Å²) in [6.07, 6.45) is 3.32. The van der Waals surface area contributed by atoms with Crippen molar-refractivity contribution in [1.82, 2.24) is 15.0 Å². The van der Waals surface area contributed by atoms with Crippen LogP contribution in [-0.2, 0) is 0 Å². The molecule has 0 spiro atoms. The molecule has 3 aromatic heterocycles. The van der Waals surface area contributed by atoms with Crippen LogP contribution in [0.25, 0.3) is 34.1 Å². The number of rotatable bonds is 4. The van der Waals surface area contributed by atoms with Gasteiger partial charge >= 0.3 is 0 Å². The highest BCUT2D eigenvalue weighted by Crippen LogP contribution is 2.36. The number of pyridine rings is 1. The molecule has 4 aromatic rings. The average Bonchev–Trinajstić information content (AvgIpc) is 3.16. The van der Waals surface area contributed by atoms with E-state index in [1.54, 1.807) is 26.4 Å². The van der Waals surface area contributed by atoms with Gasteiger partial charge in [-0.05, 0) is 43.3 Å². The summed E-state index contributed by atoms with van der Waals surface area (Å²) < 4.78 is 10.9. The third kappa shape index (κ3) is 3.14. The van der Waals surface area contributed by atoms with Gasteiger partial charge in [0.2, 0.25) is 11.2 Å². The number of benzene rings is 1. The Labute approximate surface area is 160 Å². The maximum atomic E-state index is 12.1. The number of nitrogens with zero attached hydrogens (tertiary/aromatic N) is 2. The molecule has 0 fully saturated rings. The topological polar surface area (TPSA) is 101 Å². The molecule has 0 atom stereocenters. The minimum Gasteiger partial charge on any atom is -0.501 e.